The highest BCUT2D eigenvalue weighted by Gasteiger charge is 2.03. The molecular weight excluding hydrogens is 401 g/mol. The first-order valence-electron chi connectivity index (χ1n) is 7.94. The third-order valence-corrected chi connectivity index (χ3v) is 4.13. The zero-order valence-corrected chi connectivity index (χ0v) is 15.5. The smallest absolute Gasteiger partial charge is 0.224 e. The summed E-state index contributed by atoms with van der Waals surface area (Å²) in [6.45, 7) is 2.72. The standard InChI is InChI=1S/C19H22INO2/c1-2-4-15-6-12-18(13-7-15)23-14-3-5-19(22)21-17-10-8-16(20)9-11-17/h6-13H,2-5,14H2,1H3,(H,21,22). The third kappa shape index (κ3) is 6.60. The summed E-state index contributed by atoms with van der Waals surface area (Å²) in [7, 11) is 0. The minimum absolute atomic E-state index is 0.0214. The van der Waals surface area contributed by atoms with Crippen molar-refractivity contribution in [3.63, 3.8) is 0 Å². The number of amides is 1. The zero-order valence-electron chi connectivity index (χ0n) is 13.3. The van der Waals surface area contributed by atoms with Crippen molar-refractivity contribution in [2.45, 2.75) is 32.6 Å². The Balaban J connectivity index is 1.66. The molecule has 0 atom stereocenters. The fraction of sp³-hybridized carbons (Fsp3) is 0.316. The Bertz CT molecular complexity index is 608. The fourth-order valence-corrected chi connectivity index (χ4v) is 2.58. The zero-order chi connectivity index (χ0) is 16.5. The van der Waals surface area contributed by atoms with Gasteiger partial charge >= 0.3 is 0 Å². The molecule has 122 valence electrons. The number of anilines is 1. The summed E-state index contributed by atoms with van der Waals surface area (Å²) in [5.41, 5.74) is 2.17. The Kier molecular flexibility index (Phi) is 7.39. The van der Waals surface area contributed by atoms with Crippen molar-refractivity contribution in [3.8, 4) is 5.75 Å². The summed E-state index contributed by atoms with van der Waals surface area (Å²) in [5.74, 6) is 0.885. The lowest BCUT2D eigenvalue weighted by Gasteiger charge is -2.08. The average Bonchev–Trinajstić information content (AvgIpc) is 2.55. The molecule has 0 spiro atoms. The molecular formula is C19H22INO2. The molecule has 2 aromatic rings. The summed E-state index contributed by atoms with van der Waals surface area (Å²) in [4.78, 5) is 11.9. The van der Waals surface area contributed by atoms with Gasteiger partial charge < -0.3 is 10.1 Å². The van der Waals surface area contributed by atoms with Gasteiger partial charge in [-0.3, -0.25) is 4.79 Å². The van der Waals surface area contributed by atoms with E-state index in [4.69, 9.17) is 4.74 Å². The summed E-state index contributed by atoms with van der Waals surface area (Å²) in [6.07, 6.45) is 3.40. The van der Waals surface area contributed by atoms with Gasteiger partial charge in [-0.15, -0.1) is 0 Å². The Morgan fingerprint density at radius 1 is 1.09 bits per heavy atom. The number of halogens is 1. The monoisotopic (exact) mass is 423 g/mol. The molecule has 1 N–H and O–H groups in total. The molecule has 3 nitrogen and oxygen atoms in total. The van der Waals surface area contributed by atoms with Gasteiger partial charge in [0.1, 0.15) is 5.75 Å². The van der Waals surface area contributed by atoms with E-state index in [-0.39, 0.29) is 5.91 Å². The number of carbonyl (C=O) groups excluding carboxylic acids is 1. The predicted molar refractivity (Wildman–Crippen MR) is 103 cm³/mol. The van der Waals surface area contributed by atoms with Gasteiger partial charge in [0.25, 0.3) is 0 Å². The Morgan fingerprint density at radius 3 is 2.43 bits per heavy atom. The van der Waals surface area contributed by atoms with Crippen LogP contribution < -0.4 is 10.1 Å². The van der Waals surface area contributed by atoms with Gasteiger partial charge in [-0.25, -0.2) is 0 Å². The number of hydrogen-bond acceptors (Lipinski definition) is 2. The van der Waals surface area contributed by atoms with Crippen LogP contribution in [0.25, 0.3) is 0 Å². The minimum atomic E-state index is 0.0214. The SMILES string of the molecule is CCCc1ccc(OCCCC(=O)Nc2ccc(I)cc2)cc1. The van der Waals surface area contributed by atoms with Crippen molar-refractivity contribution in [2.24, 2.45) is 0 Å². The van der Waals surface area contributed by atoms with E-state index >= 15 is 0 Å². The van der Waals surface area contributed by atoms with Gasteiger partial charge in [0.05, 0.1) is 6.61 Å². The van der Waals surface area contributed by atoms with Crippen molar-refractivity contribution >= 4 is 34.2 Å². The van der Waals surface area contributed by atoms with Crippen LogP contribution in [-0.4, -0.2) is 12.5 Å². The van der Waals surface area contributed by atoms with E-state index in [1.54, 1.807) is 0 Å². The van der Waals surface area contributed by atoms with Crippen LogP contribution in [0.2, 0.25) is 0 Å². The Hall–Kier alpha value is -1.56. The van der Waals surface area contributed by atoms with E-state index in [2.05, 4.69) is 47.0 Å². The maximum Gasteiger partial charge on any atom is 0.224 e. The molecule has 1 amide bonds. The number of nitrogens with one attached hydrogen (secondary N) is 1. The highest BCUT2D eigenvalue weighted by atomic mass is 127. The summed E-state index contributed by atoms with van der Waals surface area (Å²) in [6, 6.07) is 16.0. The van der Waals surface area contributed by atoms with Crippen LogP contribution in [0.4, 0.5) is 5.69 Å². The molecule has 0 bridgehead atoms. The molecule has 0 unspecified atom stereocenters. The maximum absolute atomic E-state index is 11.9. The summed E-state index contributed by atoms with van der Waals surface area (Å²) in [5, 5.41) is 2.89. The van der Waals surface area contributed by atoms with Gasteiger partial charge in [-0.2, -0.15) is 0 Å². The van der Waals surface area contributed by atoms with Gasteiger partial charge in [0.2, 0.25) is 5.91 Å². The first-order chi connectivity index (χ1) is 11.2. The number of benzene rings is 2. The van der Waals surface area contributed by atoms with Crippen LogP contribution >= 0.6 is 22.6 Å². The molecule has 0 aliphatic rings. The highest BCUT2D eigenvalue weighted by Crippen LogP contribution is 2.14. The van der Waals surface area contributed by atoms with Crippen molar-refractivity contribution in [3.05, 3.63) is 57.7 Å². The second-order valence-corrected chi connectivity index (χ2v) is 6.65. The van der Waals surface area contributed by atoms with Gasteiger partial charge in [-0.05, 0) is 77.4 Å². The first-order valence-corrected chi connectivity index (χ1v) is 9.02. The van der Waals surface area contributed by atoms with Crippen LogP contribution in [0.15, 0.2) is 48.5 Å². The van der Waals surface area contributed by atoms with E-state index in [9.17, 15) is 4.79 Å². The second-order valence-electron chi connectivity index (χ2n) is 5.40. The molecule has 0 aliphatic heterocycles. The Morgan fingerprint density at radius 2 is 1.78 bits per heavy atom. The molecule has 2 rings (SSSR count). The number of rotatable bonds is 8. The topological polar surface area (TPSA) is 38.3 Å². The summed E-state index contributed by atoms with van der Waals surface area (Å²) >= 11 is 2.24. The molecule has 0 heterocycles. The van der Waals surface area contributed by atoms with Crippen molar-refractivity contribution in [1.82, 2.24) is 0 Å². The Labute approximate surface area is 151 Å². The second kappa shape index (κ2) is 9.55. The largest absolute Gasteiger partial charge is 0.494 e. The van der Waals surface area contributed by atoms with Crippen LogP contribution in [0.1, 0.15) is 31.7 Å². The predicted octanol–water partition coefficient (Wildman–Crippen LogP) is 5.04. The quantitative estimate of drug-likeness (QED) is 0.477. The fourth-order valence-electron chi connectivity index (χ4n) is 2.22. The minimum Gasteiger partial charge on any atom is -0.494 e. The highest BCUT2D eigenvalue weighted by molar-refractivity contribution is 14.1. The number of ether oxygens (including phenoxy) is 1. The first kappa shape index (κ1) is 17.8. The molecule has 0 saturated carbocycles. The molecule has 0 aliphatic carbocycles. The van der Waals surface area contributed by atoms with Gasteiger partial charge in [0.15, 0.2) is 0 Å². The lowest BCUT2D eigenvalue weighted by Crippen LogP contribution is -2.12. The average molecular weight is 423 g/mol. The van der Waals surface area contributed by atoms with Crippen molar-refractivity contribution < 1.29 is 9.53 Å². The molecule has 0 fully saturated rings. The number of carbonyl (C=O) groups is 1. The molecule has 0 saturated heterocycles. The molecule has 4 heteroatoms. The van der Waals surface area contributed by atoms with E-state index in [1.165, 1.54) is 5.56 Å². The molecule has 0 aromatic heterocycles. The molecule has 2 aromatic carbocycles. The van der Waals surface area contributed by atoms with E-state index < -0.39 is 0 Å². The van der Waals surface area contributed by atoms with Crippen molar-refractivity contribution in [2.75, 3.05) is 11.9 Å². The van der Waals surface area contributed by atoms with E-state index in [0.717, 1.165) is 27.8 Å². The number of hydrogen-bond donors (Lipinski definition) is 1. The molecule has 23 heavy (non-hydrogen) atoms. The maximum atomic E-state index is 11.9. The van der Waals surface area contributed by atoms with Crippen LogP contribution in [0.5, 0.6) is 5.75 Å². The van der Waals surface area contributed by atoms with E-state index in [0.29, 0.717) is 19.4 Å². The lowest BCUT2D eigenvalue weighted by molar-refractivity contribution is -0.116. The van der Waals surface area contributed by atoms with E-state index in [1.807, 2.05) is 36.4 Å². The van der Waals surface area contributed by atoms with Crippen LogP contribution in [-0.2, 0) is 11.2 Å². The van der Waals surface area contributed by atoms with Gasteiger partial charge in [-0.1, -0.05) is 25.5 Å². The number of aryl methyl sites for hydroxylation is 1. The normalized spacial score (nSPS) is 10.3. The van der Waals surface area contributed by atoms with Gasteiger partial charge in [0, 0.05) is 15.7 Å². The van der Waals surface area contributed by atoms with Crippen LogP contribution in [0.3, 0.4) is 0 Å². The summed E-state index contributed by atoms with van der Waals surface area (Å²) < 4.78 is 6.83. The third-order valence-electron chi connectivity index (χ3n) is 3.41. The lowest BCUT2D eigenvalue weighted by atomic mass is 10.1. The van der Waals surface area contributed by atoms with Crippen molar-refractivity contribution in [1.29, 1.82) is 0 Å². The molecule has 0 radical (unpaired) electrons. The van der Waals surface area contributed by atoms with Crippen LogP contribution in [0, 0.1) is 3.57 Å².